The van der Waals surface area contributed by atoms with Crippen LogP contribution in [0.2, 0.25) is 0 Å². The zero-order chi connectivity index (χ0) is 21.6. The smallest absolute Gasteiger partial charge is 0.243 e. The van der Waals surface area contributed by atoms with Gasteiger partial charge in [-0.1, -0.05) is 24.3 Å². The summed E-state index contributed by atoms with van der Waals surface area (Å²) in [6.45, 7) is 6.08. The highest BCUT2D eigenvalue weighted by Crippen LogP contribution is 2.30. The number of carbonyl (C=O) groups excluding carboxylic acids is 1. The van der Waals surface area contributed by atoms with Crippen LogP contribution in [-0.4, -0.2) is 70.3 Å². The summed E-state index contributed by atoms with van der Waals surface area (Å²) in [5.74, 6) is 1.06. The lowest BCUT2D eigenvalue weighted by Crippen LogP contribution is -2.46. The number of fused-ring (bicyclic) bond motifs is 1. The number of benzene rings is 2. The summed E-state index contributed by atoms with van der Waals surface area (Å²) in [6.07, 6.45) is 2.93. The van der Waals surface area contributed by atoms with E-state index in [2.05, 4.69) is 50.3 Å². The Balaban J connectivity index is 1.12. The van der Waals surface area contributed by atoms with Gasteiger partial charge in [-0.25, -0.2) is 0 Å². The third-order valence-corrected chi connectivity index (χ3v) is 6.55. The number of piperazine rings is 1. The highest BCUT2D eigenvalue weighted by atomic mass is 16.5. The van der Waals surface area contributed by atoms with Gasteiger partial charge in [0.05, 0.1) is 7.11 Å². The molecule has 0 spiro atoms. The molecule has 1 N–H and O–H groups in total. The van der Waals surface area contributed by atoms with E-state index in [-0.39, 0.29) is 11.9 Å². The predicted octanol–water partition coefficient (Wildman–Crippen LogP) is 2.77. The summed E-state index contributed by atoms with van der Waals surface area (Å²) in [7, 11) is 3.73. The Kier molecular flexibility index (Phi) is 6.97. The Morgan fingerprint density at radius 2 is 1.87 bits per heavy atom. The number of nitrogens with zero attached hydrogens (tertiary/aromatic N) is 3. The second kappa shape index (κ2) is 10.1. The lowest BCUT2D eigenvalue weighted by atomic mass is 10.1. The average Bonchev–Trinajstić information content (AvgIpc) is 3.16. The molecular weight excluding hydrogens is 388 g/mol. The molecule has 166 valence electrons. The molecule has 2 aromatic carbocycles. The molecule has 2 aromatic rings. The highest BCUT2D eigenvalue weighted by molar-refractivity contribution is 5.88. The first-order valence-corrected chi connectivity index (χ1v) is 11.4. The number of unbranched alkanes of at least 4 members (excludes halogenated alkanes) is 1. The van der Waals surface area contributed by atoms with Crippen molar-refractivity contribution in [3.8, 4) is 5.75 Å². The zero-order valence-corrected chi connectivity index (χ0v) is 18.7. The highest BCUT2D eigenvalue weighted by Gasteiger charge is 2.31. The summed E-state index contributed by atoms with van der Waals surface area (Å²) < 4.78 is 5.34. The van der Waals surface area contributed by atoms with Crippen molar-refractivity contribution in [1.82, 2.24) is 10.2 Å². The third-order valence-electron chi connectivity index (χ3n) is 6.55. The Morgan fingerprint density at radius 3 is 2.65 bits per heavy atom. The minimum atomic E-state index is -0.0814. The van der Waals surface area contributed by atoms with E-state index in [0.717, 1.165) is 64.3 Å². The van der Waals surface area contributed by atoms with Crippen LogP contribution < -0.4 is 19.9 Å². The lowest BCUT2D eigenvalue weighted by molar-refractivity contribution is -0.122. The number of carbonyl (C=O) groups is 1. The summed E-state index contributed by atoms with van der Waals surface area (Å²) >= 11 is 0. The average molecular weight is 423 g/mol. The molecular formula is C25H34N4O2. The lowest BCUT2D eigenvalue weighted by Gasteiger charge is -2.36. The van der Waals surface area contributed by atoms with Crippen LogP contribution in [0.25, 0.3) is 0 Å². The predicted molar refractivity (Wildman–Crippen MR) is 126 cm³/mol. The second-order valence-corrected chi connectivity index (χ2v) is 8.49. The van der Waals surface area contributed by atoms with Gasteiger partial charge in [0, 0.05) is 63.6 Å². The standard InChI is InChI=1S/C25H34N4O2/c1-27-23-11-4-3-8-20(23)18-24(27)25(30)26-12-5-6-13-28-14-16-29(17-15-28)21-9-7-10-22(19-21)31-2/h3-4,7-11,19,24H,5-6,12-18H2,1-2H3,(H,26,30). The van der Waals surface area contributed by atoms with Gasteiger partial charge in [-0.2, -0.15) is 0 Å². The van der Waals surface area contributed by atoms with Crippen LogP contribution in [0.3, 0.4) is 0 Å². The Hall–Kier alpha value is -2.73. The molecule has 6 nitrogen and oxygen atoms in total. The molecule has 1 saturated heterocycles. The van der Waals surface area contributed by atoms with Crippen molar-refractivity contribution in [2.45, 2.75) is 25.3 Å². The summed E-state index contributed by atoms with van der Waals surface area (Å²) in [5.41, 5.74) is 3.68. The van der Waals surface area contributed by atoms with Gasteiger partial charge in [0.15, 0.2) is 0 Å². The largest absolute Gasteiger partial charge is 0.497 e. The number of likely N-dealkylation sites (N-methyl/N-ethyl adjacent to an activating group) is 1. The monoisotopic (exact) mass is 422 g/mol. The van der Waals surface area contributed by atoms with Gasteiger partial charge in [0.25, 0.3) is 0 Å². The van der Waals surface area contributed by atoms with E-state index in [1.807, 2.05) is 25.2 Å². The first-order chi connectivity index (χ1) is 15.2. The van der Waals surface area contributed by atoms with E-state index in [4.69, 9.17) is 4.74 Å². The maximum absolute atomic E-state index is 12.6. The molecule has 1 atom stereocenters. The fourth-order valence-corrected chi connectivity index (χ4v) is 4.64. The maximum Gasteiger partial charge on any atom is 0.243 e. The van der Waals surface area contributed by atoms with Gasteiger partial charge in [-0.3, -0.25) is 9.69 Å². The SMILES string of the molecule is COc1cccc(N2CCN(CCCCNC(=O)C3Cc4ccccc4N3C)CC2)c1. The molecule has 0 radical (unpaired) electrons. The van der Waals surface area contributed by atoms with Crippen molar-refractivity contribution in [2.24, 2.45) is 0 Å². The molecule has 31 heavy (non-hydrogen) atoms. The van der Waals surface area contributed by atoms with Gasteiger partial charge < -0.3 is 19.9 Å². The summed E-state index contributed by atoms with van der Waals surface area (Å²) in [4.78, 5) is 19.7. The Labute approximate surface area is 185 Å². The Bertz CT molecular complexity index is 879. The van der Waals surface area contributed by atoms with Crippen LogP contribution in [0.1, 0.15) is 18.4 Å². The normalized spacial score (nSPS) is 18.7. The minimum Gasteiger partial charge on any atom is -0.497 e. The molecule has 6 heteroatoms. The molecule has 0 saturated carbocycles. The van der Waals surface area contributed by atoms with Crippen molar-refractivity contribution in [3.05, 3.63) is 54.1 Å². The minimum absolute atomic E-state index is 0.0814. The Morgan fingerprint density at radius 1 is 1.06 bits per heavy atom. The molecule has 1 unspecified atom stereocenters. The second-order valence-electron chi connectivity index (χ2n) is 8.49. The van der Waals surface area contributed by atoms with E-state index in [1.54, 1.807) is 7.11 Å². The summed E-state index contributed by atoms with van der Waals surface area (Å²) in [6, 6.07) is 16.5. The molecule has 4 rings (SSSR count). The number of methoxy groups -OCH3 is 1. The van der Waals surface area contributed by atoms with Crippen LogP contribution in [-0.2, 0) is 11.2 Å². The summed E-state index contributed by atoms with van der Waals surface area (Å²) in [5, 5.41) is 3.15. The molecule has 2 aliphatic heterocycles. The van der Waals surface area contributed by atoms with Crippen molar-refractivity contribution in [1.29, 1.82) is 0 Å². The van der Waals surface area contributed by atoms with Crippen molar-refractivity contribution in [3.63, 3.8) is 0 Å². The van der Waals surface area contributed by atoms with Crippen LogP contribution >= 0.6 is 0 Å². The van der Waals surface area contributed by atoms with Crippen LogP contribution in [0.15, 0.2) is 48.5 Å². The van der Waals surface area contributed by atoms with Gasteiger partial charge in [-0.15, -0.1) is 0 Å². The fourth-order valence-electron chi connectivity index (χ4n) is 4.64. The number of anilines is 2. The number of hydrogen-bond donors (Lipinski definition) is 1. The molecule has 1 fully saturated rings. The van der Waals surface area contributed by atoms with Crippen molar-refractivity contribution < 1.29 is 9.53 Å². The number of hydrogen-bond acceptors (Lipinski definition) is 5. The number of ether oxygens (including phenoxy) is 1. The zero-order valence-electron chi connectivity index (χ0n) is 18.7. The molecule has 1 amide bonds. The van der Waals surface area contributed by atoms with Crippen molar-refractivity contribution in [2.75, 3.05) is 63.2 Å². The van der Waals surface area contributed by atoms with Gasteiger partial charge in [0.1, 0.15) is 11.8 Å². The van der Waals surface area contributed by atoms with Gasteiger partial charge in [0.2, 0.25) is 5.91 Å². The third kappa shape index (κ3) is 5.13. The van der Waals surface area contributed by atoms with E-state index in [1.165, 1.54) is 16.9 Å². The number of para-hydroxylation sites is 1. The number of nitrogens with one attached hydrogen (secondary N) is 1. The molecule has 2 aliphatic rings. The first kappa shape index (κ1) is 21.5. The van der Waals surface area contributed by atoms with Crippen LogP contribution in [0.5, 0.6) is 5.75 Å². The molecule has 0 aliphatic carbocycles. The van der Waals surface area contributed by atoms with Crippen LogP contribution in [0.4, 0.5) is 11.4 Å². The van der Waals surface area contributed by atoms with Crippen LogP contribution in [0, 0.1) is 0 Å². The van der Waals surface area contributed by atoms with Gasteiger partial charge in [-0.05, 0) is 43.1 Å². The van der Waals surface area contributed by atoms with E-state index < -0.39 is 0 Å². The maximum atomic E-state index is 12.6. The number of amides is 1. The van der Waals surface area contributed by atoms with Crippen molar-refractivity contribution >= 4 is 17.3 Å². The van der Waals surface area contributed by atoms with E-state index in [0.29, 0.717) is 0 Å². The molecule has 2 heterocycles. The van der Waals surface area contributed by atoms with E-state index in [9.17, 15) is 4.79 Å². The fraction of sp³-hybridized carbons (Fsp3) is 0.480. The molecule has 0 aromatic heterocycles. The van der Waals surface area contributed by atoms with E-state index >= 15 is 0 Å². The van der Waals surface area contributed by atoms with Gasteiger partial charge >= 0.3 is 0 Å². The quantitative estimate of drug-likeness (QED) is 0.663. The topological polar surface area (TPSA) is 48.1 Å². The first-order valence-electron chi connectivity index (χ1n) is 11.4. The molecule has 0 bridgehead atoms. The number of rotatable bonds is 8.